The second-order valence-corrected chi connectivity index (χ2v) is 15.1. The molecule has 2 heterocycles. The summed E-state index contributed by atoms with van der Waals surface area (Å²) in [6, 6.07) is 56.6. The number of anilines is 2. The zero-order valence-corrected chi connectivity index (χ0v) is 43.7. The molecule has 0 spiro atoms. The van der Waals surface area contributed by atoms with E-state index in [0.29, 0.717) is 0 Å². The summed E-state index contributed by atoms with van der Waals surface area (Å²) >= 11 is 0. The highest BCUT2D eigenvalue weighted by Gasteiger charge is 2.12. The van der Waals surface area contributed by atoms with Crippen LogP contribution in [0.2, 0.25) is 0 Å². The van der Waals surface area contributed by atoms with E-state index in [2.05, 4.69) is 44.7 Å². The molecule has 0 unspecified atom stereocenters. The molecule has 13 heteroatoms. The average molecular weight is 1140 g/mol. The van der Waals surface area contributed by atoms with Crippen molar-refractivity contribution < 1.29 is 14.9 Å². The lowest BCUT2D eigenvalue weighted by atomic mass is 10.2. The van der Waals surface area contributed by atoms with Crippen molar-refractivity contribution in [3.05, 3.63) is 181 Å². The summed E-state index contributed by atoms with van der Waals surface area (Å²) in [7, 11) is 0. The first-order valence-electron chi connectivity index (χ1n) is 21.6. The van der Waals surface area contributed by atoms with Gasteiger partial charge in [0.2, 0.25) is 0 Å². The molecule has 0 bridgehead atoms. The molecule has 2 aliphatic rings. The number of aliphatic imine (C=N–C) groups is 2. The Morgan fingerprint density at radius 1 is 0.415 bits per heavy atom. The van der Waals surface area contributed by atoms with Gasteiger partial charge in [0.1, 0.15) is 23.2 Å². The first-order valence-corrected chi connectivity index (χ1v) is 21.6. The van der Waals surface area contributed by atoms with Gasteiger partial charge in [-0.1, -0.05) is 97.1 Å². The minimum atomic E-state index is 0. The molecule has 0 radical (unpaired) electrons. The average Bonchev–Trinajstić information content (AvgIpc) is 4.04. The highest BCUT2D eigenvalue weighted by molar-refractivity contribution is 8.93. The van der Waals surface area contributed by atoms with Crippen LogP contribution in [0.4, 0.5) is 22.7 Å². The Balaban J connectivity index is 0.000000415. The molecule has 2 saturated heterocycles. The summed E-state index contributed by atoms with van der Waals surface area (Å²) in [5, 5.41) is 6.88. The van der Waals surface area contributed by atoms with E-state index in [-0.39, 0.29) is 73.4 Å². The van der Waals surface area contributed by atoms with Crippen molar-refractivity contribution >= 4 is 102 Å². The second kappa shape index (κ2) is 32.4. The van der Waals surface area contributed by atoms with E-state index in [1.165, 1.54) is 51.9 Å². The molecule has 6 aromatic rings. The third-order valence-electron chi connectivity index (χ3n) is 10.5. The summed E-state index contributed by atoms with van der Waals surface area (Å²) in [5.74, 6) is 3.43. The van der Waals surface area contributed by atoms with Crippen molar-refractivity contribution in [1.82, 2.24) is 9.80 Å². The number of nitrogens with one attached hydrogen (secondary N) is 2. The SMILES string of the molecule is Br.Br.Br.Br.O.c1ccc(NC(=Nc2ccc(OCCCN3CCCC3)cc2)c2ccccc2)cc1.c1ccc(NC(=Nc2ccc(OCCCN3CCCC3)cc2)c2ccccc2)cc1. The molecule has 4 N–H and O–H groups in total. The normalized spacial score (nSPS) is 13.5. The first kappa shape index (κ1) is 56.8. The Kier molecular flexibility index (Phi) is 28.3. The number of likely N-dealkylation sites (tertiary alicyclic amines) is 2. The Bertz CT molecular complexity index is 2020. The van der Waals surface area contributed by atoms with Gasteiger partial charge in [0.05, 0.1) is 24.6 Å². The molecule has 0 aliphatic carbocycles. The number of ether oxygens (including phenoxy) is 2. The second-order valence-electron chi connectivity index (χ2n) is 15.1. The summed E-state index contributed by atoms with van der Waals surface area (Å²) in [6.07, 6.45) is 7.50. The fraction of sp³-hybridized carbons (Fsp3) is 0.269. The zero-order valence-electron chi connectivity index (χ0n) is 36.8. The van der Waals surface area contributed by atoms with Gasteiger partial charge in [0.25, 0.3) is 0 Å². The molecule has 0 atom stereocenters. The van der Waals surface area contributed by atoms with Crippen molar-refractivity contribution in [2.75, 3.05) is 63.1 Å². The molecule has 2 fully saturated rings. The Morgan fingerprint density at radius 2 is 0.723 bits per heavy atom. The number of halogens is 4. The van der Waals surface area contributed by atoms with Crippen molar-refractivity contribution in [1.29, 1.82) is 0 Å². The zero-order chi connectivity index (χ0) is 40.9. The van der Waals surface area contributed by atoms with Crippen LogP contribution in [0, 0.1) is 0 Å². The van der Waals surface area contributed by atoms with Crippen LogP contribution in [0.25, 0.3) is 0 Å². The summed E-state index contributed by atoms with van der Waals surface area (Å²) in [4.78, 5) is 14.8. The van der Waals surface area contributed by atoms with E-state index in [1.54, 1.807) is 0 Å². The molecule has 9 nitrogen and oxygen atoms in total. The molecule has 348 valence electrons. The minimum absolute atomic E-state index is 0. The van der Waals surface area contributed by atoms with Gasteiger partial charge in [-0.25, -0.2) is 9.98 Å². The molecule has 0 saturated carbocycles. The summed E-state index contributed by atoms with van der Waals surface area (Å²) < 4.78 is 11.8. The number of amidine groups is 2. The summed E-state index contributed by atoms with van der Waals surface area (Å²) in [6.45, 7) is 8.75. The fourth-order valence-corrected chi connectivity index (χ4v) is 7.30. The van der Waals surface area contributed by atoms with Crippen LogP contribution in [0.15, 0.2) is 180 Å². The van der Waals surface area contributed by atoms with Gasteiger partial charge < -0.3 is 35.4 Å². The number of para-hydroxylation sites is 2. The van der Waals surface area contributed by atoms with Crippen molar-refractivity contribution in [2.45, 2.75) is 38.5 Å². The Morgan fingerprint density at radius 3 is 1.05 bits per heavy atom. The van der Waals surface area contributed by atoms with E-state index < -0.39 is 0 Å². The highest BCUT2D eigenvalue weighted by atomic mass is 79.9. The smallest absolute Gasteiger partial charge is 0.138 e. The number of nitrogens with zero attached hydrogens (tertiary/aromatic N) is 4. The maximum Gasteiger partial charge on any atom is 0.138 e. The quantitative estimate of drug-likeness (QED) is 0.0568. The first-order chi connectivity index (χ1) is 29.7. The predicted octanol–water partition coefficient (Wildman–Crippen LogP) is 13.0. The van der Waals surface area contributed by atoms with Gasteiger partial charge in [-0.2, -0.15) is 0 Å². The number of hydrogen-bond acceptors (Lipinski definition) is 6. The van der Waals surface area contributed by atoms with E-state index >= 15 is 0 Å². The molecule has 6 aromatic carbocycles. The largest absolute Gasteiger partial charge is 0.494 e. The van der Waals surface area contributed by atoms with Crippen LogP contribution in [0.5, 0.6) is 11.5 Å². The Hall–Kier alpha value is -4.34. The molecule has 65 heavy (non-hydrogen) atoms. The lowest BCUT2D eigenvalue weighted by Gasteiger charge is -2.14. The van der Waals surface area contributed by atoms with Crippen molar-refractivity contribution in [3.63, 3.8) is 0 Å². The van der Waals surface area contributed by atoms with Crippen LogP contribution in [-0.4, -0.2) is 79.4 Å². The van der Waals surface area contributed by atoms with Gasteiger partial charge >= 0.3 is 0 Å². The topological polar surface area (TPSA) is 105 Å². The van der Waals surface area contributed by atoms with Crippen LogP contribution >= 0.6 is 67.9 Å². The van der Waals surface area contributed by atoms with Gasteiger partial charge in [0.15, 0.2) is 0 Å². The lowest BCUT2D eigenvalue weighted by molar-refractivity contribution is 0.263. The van der Waals surface area contributed by atoms with Crippen molar-refractivity contribution in [3.8, 4) is 11.5 Å². The summed E-state index contributed by atoms with van der Waals surface area (Å²) in [5.41, 5.74) is 5.90. The lowest BCUT2D eigenvalue weighted by Crippen LogP contribution is -2.21. The molecule has 0 aromatic heterocycles. The van der Waals surface area contributed by atoms with Gasteiger partial charge in [-0.05, 0) is 138 Å². The third kappa shape index (κ3) is 20.0. The maximum absolute atomic E-state index is 5.92. The van der Waals surface area contributed by atoms with E-state index in [1.807, 2.05) is 146 Å². The molecule has 2 aliphatic heterocycles. The van der Waals surface area contributed by atoms with Crippen LogP contribution in [0.3, 0.4) is 0 Å². The number of hydrogen-bond donors (Lipinski definition) is 2. The van der Waals surface area contributed by atoms with Crippen LogP contribution in [-0.2, 0) is 0 Å². The van der Waals surface area contributed by atoms with E-state index in [9.17, 15) is 0 Å². The van der Waals surface area contributed by atoms with Gasteiger partial charge in [-0.15, -0.1) is 67.9 Å². The standard InChI is InChI=1S/2C26H29N3O.4BrH.H2O/c2*1-3-10-22(11-4-1)26(27-23-12-5-2-6-13-23)28-24-14-16-25(17-15-24)30-21-9-20-29-18-7-8-19-29;;;;;/h2*1-6,10-17H,7-9,18-21H2,(H,27,28);4*1H;1H2. The van der Waals surface area contributed by atoms with Gasteiger partial charge in [0, 0.05) is 35.6 Å². The van der Waals surface area contributed by atoms with Crippen LogP contribution < -0.4 is 20.1 Å². The Labute approximate surface area is 428 Å². The highest BCUT2D eigenvalue weighted by Crippen LogP contribution is 2.23. The number of benzene rings is 6. The monoisotopic (exact) mass is 1140 g/mol. The molecule has 0 amide bonds. The molecular weight excluding hydrogens is 1080 g/mol. The van der Waals surface area contributed by atoms with Crippen molar-refractivity contribution in [2.24, 2.45) is 9.98 Å². The molecule has 8 rings (SSSR count). The minimum Gasteiger partial charge on any atom is -0.494 e. The van der Waals surface area contributed by atoms with E-state index in [0.717, 1.165) is 96.2 Å². The fourth-order valence-electron chi connectivity index (χ4n) is 7.30. The third-order valence-corrected chi connectivity index (χ3v) is 10.5. The van der Waals surface area contributed by atoms with Crippen LogP contribution in [0.1, 0.15) is 49.7 Å². The van der Waals surface area contributed by atoms with Gasteiger partial charge in [-0.3, -0.25) is 0 Å². The maximum atomic E-state index is 5.92. The van der Waals surface area contributed by atoms with E-state index in [4.69, 9.17) is 19.5 Å². The predicted molar refractivity (Wildman–Crippen MR) is 295 cm³/mol. The number of rotatable bonds is 16. The molecular formula is C52H64Br4N6O3.